The average Bonchev–Trinajstić information content (AvgIpc) is 2.36. The molecule has 4 nitrogen and oxygen atoms in total. The molecule has 0 bridgehead atoms. The van der Waals surface area contributed by atoms with E-state index in [0.717, 1.165) is 0 Å². The van der Waals surface area contributed by atoms with Gasteiger partial charge in [-0.1, -0.05) is 45.2 Å². The monoisotopic (exact) mass is 361 g/mol. The van der Waals surface area contributed by atoms with Crippen molar-refractivity contribution in [3.63, 3.8) is 0 Å². The predicted octanol–water partition coefficient (Wildman–Crippen LogP) is 5.46. The van der Waals surface area contributed by atoms with Gasteiger partial charge in [0.2, 0.25) is 5.75 Å². The van der Waals surface area contributed by atoms with Crippen molar-refractivity contribution in [3.05, 3.63) is 61.0 Å². The SMILES string of the molecule is O=[N+]([O-])c1cc(Br)ccc1Oc1cccc(Cl)c1Cl. The van der Waals surface area contributed by atoms with Crippen LogP contribution < -0.4 is 4.74 Å². The molecule has 0 unspecified atom stereocenters. The van der Waals surface area contributed by atoms with Crippen LogP contribution in [0.15, 0.2) is 40.9 Å². The third-order valence-corrected chi connectivity index (χ3v) is 3.55. The summed E-state index contributed by atoms with van der Waals surface area (Å²) in [5.41, 5.74) is -0.162. The summed E-state index contributed by atoms with van der Waals surface area (Å²) in [6.45, 7) is 0. The Labute approximate surface area is 127 Å². The number of nitro groups is 1. The van der Waals surface area contributed by atoms with Crippen molar-refractivity contribution in [2.24, 2.45) is 0 Å². The number of halogens is 3. The van der Waals surface area contributed by atoms with Crippen molar-refractivity contribution in [1.29, 1.82) is 0 Å². The fourth-order valence-corrected chi connectivity index (χ4v) is 2.08. The van der Waals surface area contributed by atoms with Crippen LogP contribution in [-0.2, 0) is 0 Å². The lowest BCUT2D eigenvalue weighted by Gasteiger charge is -2.08. The molecule has 0 saturated heterocycles. The summed E-state index contributed by atoms with van der Waals surface area (Å²) in [7, 11) is 0. The second-order valence-corrected chi connectivity index (χ2v) is 5.22. The van der Waals surface area contributed by atoms with Crippen LogP contribution in [0.4, 0.5) is 5.69 Å². The first-order valence-corrected chi connectivity index (χ1v) is 6.59. The molecule has 0 N–H and O–H groups in total. The first kappa shape index (κ1) is 14.1. The first-order valence-electron chi connectivity index (χ1n) is 5.05. The van der Waals surface area contributed by atoms with E-state index in [0.29, 0.717) is 9.50 Å². The fourth-order valence-electron chi connectivity index (χ4n) is 1.40. The summed E-state index contributed by atoms with van der Waals surface area (Å²) in [6, 6.07) is 9.31. The minimum atomic E-state index is -0.529. The maximum atomic E-state index is 11.0. The zero-order valence-corrected chi connectivity index (χ0v) is 12.4. The molecule has 2 aromatic rings. The Bertz CT molecular complexity index is 649. The standard InChI is InChI=1S/C12H6BrCl2NO3/c13-7-4-5-10(9(6-7)16(17)18)19-11-3-1-2-8(14)12(11)15/h1-6H. The number of rotatable bonds is 3. The van der Waals surface area contributed by atoms with E-state index in [4.69, 9.17) is 27.9 Å². The Balaban J connectivity index is 2.44. The van der Waals surface area contributed by atoms with Crippen molar-refractivity contribution in [2.75, 3.05) is 0 Å². The molecule has 0 amide bonds. The highest BCUT2D eigenvalue weighted by Gasteiger charge is 2.17. The van der Waals surface area contributed by atoms with E-state index >= 15 is 0 Å². The van der Waals surface area contributed by atoms with Gasteiger partial charge in [0.25, 0.3) is 0 Å². The summed E-state index contributed by atoms with van der Waals surface area (Å²) in [5.74, 6) is 0.358. The summed E-state index contributed by atoms with van der Waals surface area (Å²) in [5, 5.41) is 11.5. The minimum absolute atomic E-state index is 0.0948. The molecule has 0 aliphatic heterocycles. The van der Waals surface area contributed by atoms with Gasteiger partial charge in [0, 0.05) is 10.5 Å². The summed E-state index contributed by atoms with van der Waals surface area (Å²) >= 11 is 15.0. The number of hydrogen-bond donors (Lipinski definition) is 0. The first-order chi connectivity index (χ1) is 8.99. The van der Waals surface area contributed by atoms with Gasteiger partial charge in [0.1, 0.15) is 10.8 Å². The molecule has 0 heterocycles. The van der Waals surface area contributed by atoms with Crippen LogP contribution in [0.2, 0.25) is 10.0 Å². The third-order valence-electron chi connectivity index (χ3n) is 2.25. The molecule has 0 fully saturated rings. The van der Waals surface area contributed by atoms with Crippen LogP contribution >= 0.6 is 39.1 Å². The third kappa shape index (κ3) is 3.18. The van der Waals surface area contributed by atoms with Crippen LogP contribution in [0.3, 0.4) is 0 Å². The Hall–Kier alpha value is -1.30. The van der Waals surface area contributed by atoms with E-state index in [1.54, 1.807) is 24.3 Å². The normalized spacial score (nSPS) is 10.3. The summed E-state index contributed by atoms with van der Waals surface area (Å²) in [6.07, 6.45) is 0. The van der Waals surface area contributed by atoms with Crippen molar-refractivity contribution in [1.82, 2.24) is 0 Å². The van der Waals surface area contributed by atoms with Crippen molar-refractivity contribution in [3.8, 4) is 11.5 Å². The van der Waals surface area contributed by atoms with Crippen molar-refractivity contribution in [2.45, 2.75) is 0 Å². The minimum Gasteiger partial charge on any atom is -0.448 e. The molecular formula is C12H6BrCl2NO3. The number of nitrogens with zero attached hydrogens (tertiary/aromatic N) is 1. The van der Waals surface area contributed by atoms with E-state index in [-0.39, 0.29) is 22.2 Å². The number of hydrogen-bond acceptors (Lipinski definition) is 3. The Morgan fingerprint density at radius 2 is 1.89 bits per heavy atom. The molecule has 2 aromatic carbocycles. The van der Waals surface area contributed by atoms with Crippen LogP contribution in [0.1, 0.15) is 0 Å². The maximum Gasteiger partial charge on any atom is 0.312 e. The predicted molar refractivity (Wildman–Crippen MR) is 77.3 cm³/mol. The van der Waals surface area contributed by atoms with E-state index < -0.39 is 4.92 Å². The number of benzene rings is 2. The molecule has 0 atom stereocenters. The van der Waals surface area contributed by atoms with Crippen LogP contribution in [0, 0.1) is 10.1 Å². The van der Waals surface area contributed by atoms with Gasteiger partial charge in [-0.05, 0) is 24.3 Å². The van der Waals surface area contributed by atoms with Crippen LogP contribution in [0.5, 0.6) is 11.5 Å². The summed E-state index contributed by atoms with van der Waals surface area (Å²) < 4.78 is 6.05. The van der Waals surface area contributed by atoms with Crippen molar-refractivity contribution < 1.29 is 9.66 Å². The quantitative estimate of drug-likeness (QED) is 0.538. The van der Waals surface area contributed by atoms with Gasteiger partial charge >= 0.3 is 5.69 Å². The molecule has 7 heteroatoms. The Morgan fingerprint density at radius 1 is 1.16 bits per heavy atom. The summed E-state index contributed by atoms with van der Waals surface area (Å²) in [4.78, 5) is 10.4. The molecule has 0 aliphatic rings. The zero-order valence-electron chi connectivity index (χ0n) is 9.27. The van der Waals surface area contributed by atoms with Crippen LogP contribution in [-0.4, -0.2) is 4.92 Å². The van der Waals surface area contributed by atoms with Crippen molar-refractivity contribution >= 4 is 44.8 Å². The molecule has 0 spiro atoms. The lowest BCUT2D eigenvalue weighted by molar-refractivity contribution is -0.385. The van der Waals surface area contributed by atoms with E-state index in [1.165, 1.54) is 12.1 Å². The topological polar surface area (TPSA) is 52.4 Å². The zero-order chi connectivity index (χ0) is 14.0. The Morgan fingerprint density at radius 3 is 2.58 bits per heavy atom. The van der Waals surface area contributed by atoms with Gasteiger partial charge < -0.3 is 4.74 Å². The lowest BCUT2D eigenvalue weighted by atomic mass is 10.3. The van der Waals surface area contributed by atoms with Gasteiger partial charge in [-0.25, -0.2) is 0 Å². The van der Waals surface area contributed by atoms with E-state index in [9.17, 15) is 10.1 Å². The molecule has 0 radical (unpaired) electrons. The second-order valence-electron chi connectivity index (χ2n) is 3.52. The number of nitro benzene ring substituents is 1. The van der Waals surface area contributed by atoms with Crippen LogP contribution in [0.25, 0.3) is 0 Å². The van der Waals surface area contributed by atoms with E-state index in [2.05, 4.69) is 15.9 Å². The Kier molecular flexibility index (Phi) is 4.29. The molecule has 19 heavy (non-hydrogen) atoms. The van der Waals surface area contributed by atoms with Gasteiger partial charge in [0.05, 0.1) is 9.95 Å². The molecular weight excluding hydrogens is 357 g/mol. The molecule has 0 aliphatic carbocycles. The fraction of sp³-hybridized carbons (Fsp3) is 0. The highest BCUT2D eigenvalue weighted by Crippen LogP contribution is 2.38. The second kappa shape index (κ2) is 5.77. The smallest absolute Gasteiger partial charge is 0.312 e. The van der Waals surface area contributed by atoms with Gasteiger partial charge in [-0.15, -0.1) is 0 Å². The average molecular weight is 363 g/mol. The molecule has 0 saturated carbocycles. The maximum absolute atomic E-state index is 11.0. The lowest BCUT2D eigenvalue weighted by Crippen LogP contribution is -1.94. The van der Waals surface area contributed by atoms with Gasteiger partial charge in [-0.3, -0.25) is 10.1 Å². The molecule has 2 rings (SSSR count). The van der Waals surface area contributed by atoms with Gasteiger partial charge in [0.15, 0.2) is 0 Å². The largest absolute Gasteiger partial charge is 0.448 e. The van der Waals surface area contributed by atoms with E-state index in [1.807, 2.05) is 0 Å². The molecule has 0 aromatic heterocycles. The highest BCUT2D eigenvalue weighted by atomic mass is 79.9. The molecule has 98 valence electrons. The number of ether oxygens (including phenoxy) is 1. The van der Waals surface area contributed by atoms with Gasteiger partial charge in [-0.2, -0.15) is 0 Å². The highest BCUT2D eigenvalue weighted by molar-refractivity contribution is 9.10.